The smallest absolute Gasteiger partial charge is 0.337 e. The summed E-state index contributed by atoms with van der Waals surface area (Å²) < 4.78 is 27.1. The molecule has 0 saturated heterocycles. The second kappa shape index (κ2) is 11.6. The lowest BCUT2D eigenvalue weighted by molar-refractivity contribution is 0.0600. The summed E-state index contributed by atoms with van der Waals surface area (Å²) in [7, 11) is 1.33. The molecule has 1 aromatic heterocycles. The summed E-state index contributed by atoms with van der Waals surface area (Å²) in [5.74, 6) is 1.81. The quantitative estimate of drug-likeness (QED) is 0.431. The largest absolute Gasteiger partial charge is 0.490 e. The summed E-state index contributed by atoms with van der Waals surface area (Å²) >= 11 is 0. The molecule has 0 spiro atoms. The van der Waals surface area contributed by atoms with E-state index >= 15 is 0 Å². The fourth-order valence-corrected chi connectivity index (χ4v) is 3.01. The highest BCUT2D eigenvalue weighted by atomic mass is 16.5. The van der Waals surface area contributed by atoms with E-state index in [1.807, 2.05) is 32.0 Å². The highest BCUT2D eigenvalue weighted by Gasteiger charge is 2.13. The van der Waals surface area contributed by atoms with Crippen molar-refractivity contribution in [1.29, 1.82) is 0 Å². The highest BCUT2D eigenvalue weighted by molar-refractivity contribution is 5.91. The molecule has 0 unspecified atom stereocenters. The van der Waals surface area contributed by atoms with Crippen LogP contribution in [0.4, 0.5) is 0 Å². The van der Waals surface area contributed by atoms with Crippen molar-refractivity contribution in [3.8, 4) is 17.2 Å². The SMILES string of the molecule is CCOc1ccc(CNC(=O)c2ccc(COc3ccc(C(=O)OC)cc3)o2)cc1OCC. The molecule has 174 valence electrons. The Bertz CT molecular complexity index is 1070. The molecule has 8 heteroatoms. The number of carbonyl (C=O) groups is 2. The molecule has 0 aliphatic carbocycles. The Balaban J connectivity index is 1.53. The van der Waals surface area contributed by atoms with E-state index < -0.39 is 5.97 Å². The van der Waals surface area contributed by atoms with E-state index in [0.29, 0.717) is 48.3 Å². The van der Waals surface area contributed by atoms with Crippen LogP contribution in [-0.4, -0.2) is 32.2 Å². The van der Waals surface area contributed by atoms with Gasteiger partial charge in [-0.15, -0.1) is 0 Å². The molecule has 0 radical (unpaired) electrons. The van der Waals surface area contributed by atoms with Crippen LogP contribution in [-0.2, 0) is 17.9 Å². The molecule has 3 aromatic rings. The number of furan rings is 1. The Morgan fingerprint density at radius 3 is 2.30 bits per heavy atom. The predicted molar refractivity (Wildman–Crippen MR) is 121 cm³/mol. The number of hydrogen-bond donors (Lipinski definition) is 1. The summed E-state index contributed by atoms with van der Waals surface area (Å²) in [5.41, 5.74) is 1.31. The van der Waals surface area contributed by atoms with E-state index in [9.17, 15) is 9.59 Å². The number of methoxy groups -OCH3 is 1. The van der Waals surface area contributed by atoms with Gasteiger partial charge in [0.15, 0.2) is 17.3 Å². The number of benzene rings is 2. The zero-order valence-electron chi connectivity index (χ0n) is 18.9. The number of hydrogen-bond acceptors (Lipinski definition) is 7. The predicted octanol–water partition coefficient (Wildman–Crippen LogP) is 4.37. The minimum Gasteiger partial charge on any atom is -0.490 e. The van der Waals surface area contributed by atoms with Gasteiger partial charge in [0.1, 0.15) is 18.1 Å². The van der Waals surface area contributed by atoms with Gasteiger partial charge in [0.2, 0.25) is 0 Å². The first-order valence-corrected chi connectivity index (χ1v) is 10.6. The van der Waals surface area contributed by atoms with Gasteiger partial charge >= 0.3 is 5.97 Å². The van der Waals surface area contributed by atoms with E-state index in [1.54, 1.807) is 36.4 Å². The number of amides is 1. The Morgan fingerprint density at radius 2 is 1.61 bits per heavy atom. The molecule has 8 nitrogen and oxygen atoms in total. The maximum absolute atomic E-state index is 12.5. The molecule has 1 amide bonds. The number of ether oxygens (including phenoxy) is 4. The molecule has 0 atom stereocenters. The molecule has 2 aromatic carbocycles. The Morgan fingerprint density at radius 1 is 0.879 bits per heavy atom. The van der Waals surface area contributed by atoms with Crippen LogP contribution >= 0.6 is 0 Å². The maximum Gasteiger partial charge on any atom is 0.337 e. The molecule has 0 fully saturated rings. The Labute approximate surface area is 192 Å². The standard InChI is InChI=1S/C25H27NO7/c1-4-30-21-12-6-17(14-23(21)31-5-2)15-26-24(27)22-13-11-20(33-22)16-32-19-9-7-18(8-10-19)25(28)29-3/h6-14H,4-5,15-16H2,1-3H3,(H,26,27). The first-order chi connectivity index (χ1) is 16.0. The van der Waals surface area contributed by atoms with Gasteiger partial charge < -0.3 is 28.7 Å². The summed E-state index contributed by atoms with van der Waals surface area (Å²) in [6.45, 7) is 5.32. The van der Waals surface area contributed by atoms with Gasteiger partial charge in [-0.05, 0) is 67.9 Å². The number of carbonyl (C=O) groups excluding carboxylic acids is 2. The van der Waals surface area contributed by atoms with Crippen LogP contribution in [0, 0.1) is 0 Å². The zero-order valence-corrected chi connectivity index (χ0v) is 18.9. The van der Waals surface area contributed by atoms with Crippen molar-refractivity contribution in [3.05, 3.63) is 77.2 Å². The molecule has 1 heterocycles. The van der Waals surface area contributed by atoms with Crippen molar-refractivity contribution in [2.24, 2.45) is 0 Å². The van der Waals surface area contributed by atoms with E-state index in [-0.39, 0.29) is 18.3 Å². The number of nitrogens with one attached hydrogen (secondary N) is 1. The van der Waals surface area contributed by atoms with Gasteiger partial charge in [0.05, 0.1) is 25.9 Å². The average molecular weight is 453 g/mol. The van der Waals surface area contributed by atoms with Gasteiger partial charge in [-0.2, -0.15) is 0 Å². The molecule has 3 rings (SSSR count). The van der Waals surface area contributed by atoms with Gasteiger partial charge in [0.25, 0.3) is 5.91 Å². The first kappa shape index (κ1) is 23.7. The monoisotopic (exact) mass is 453 g/mol. The highest BCUT2D eigenvalue weighted by Crippen LogP contribution is 2.28. The lowest BCUT2D eigenvalue weighted by atomic mass is 10.2. The van der Waals surface area contributed by atoms with Crippen LogP contribution in [0.15, 0.2) is 59.0 Å². The number of esters is 1. The number of rotatable bonds is 11. The minimum atomic E-state index is -0.414. The van der Waals surface area contributed by atoms with E-state index in [4.69, 9.17) is 18.6 Å². The molecular weight excluding hydrogens is 426 g/mol. The van der Waals surface area contributed by atoms with Gasteiger partial charge in [-0.1, -0.05) is 6.07 Å². The van der Waals surface area contributed by atoms with Crippen molar-refractivity contribution in [1.82, 2.24) is 5.32 Å². The third-order valence-electron chi connectivity index (χ3n) is 4.60. The molecule has 0 bridgehead atoms. The van der Waals surface area contributed by atoms with Gasteiger partial charge in [-0.25, -0.2) is 4.79 Å². The lowest BCUT2D eigenvalue weighted by Gasteiger charge is -2.12. The van der Waals surface area contributed by atoms with Crippen molar-refractivity contribution >= 4 is 11.9 Å². The van der Waals surface area contributed by atoms with Crippen LogP contribution in [0.1, 0.15) is 46.1 Å². The van der Waals surface area contributed by atoms with E-state index in [1.165, 1.54) is 7.11 Å². The van der Waals surface area contributed by atoms with Gasteiger partial charge in [0, 0.05) is 6.54 Å². The van der Waals surface area contributed by atoms with Crippen molar-refractivity contribution < 1.29 is 33.0 Å². The fourth-order valence-electron chi connectivity index (χ4n) is 3.01. The van der Waals surface area contributed by atoms with Gasteiger partial charge in [-0.3, -0.25) is 4.79 Å². The molecular formula is C25H27NO7. The first-order valence-electron chi connectivity index (χ1n) is 10.6. The molecule has 0 saturated carbocycles. The van der Waals surface area contributed by atoms with Crippen molar-refractivity contribution in [2.45, 2.75) is 27.0 Å². The lowest BCUT2D eigenvalue weighted by Crippen LogP contribution is -2.22. The van der Waals surface area contributed by atoms with Crippen LogP contribution in [0.25, 0.3) is 0 Å². The van der Waals surface area contributed by atoms with Crippen LogP contribution in [0.5, 0.6) is 17.2 Å². The second-order valence-corrected chi connectivity index (χ2v) is 6.90. The molecule has 33 heavy (non-hydrogen) atoms. The van der Waals surface area contributed by atoms with Crippen LogP contribution < -0.4 is 19.5 Å². The summed E-state index contributed by atoms with van der Waals surface area (Å²) in [6.07, 6.45) is 0. The van der Waals surface area contributed by atoms with E-state index in [2.05, 4.69) is 10.1 Å². The Hall–Kier alpha value is -3.94. The van der Waals surface area contributed by atoms with Crippen molar-refractivity contribution in [3.63, 3.8) is 0 Å². The summed E-state index contributed by atoms with van der Waals surface area (Å²) in [5, 5.41) is 2.83. The third-order valence-corrected chi connectivity index (χ3v) is 4.60. The van der Waals surface area contributed by atoms with Crippen LogP contribution in [0.2, 0.25) is 0 Å². The summed E-state index contributed by atoms with van der Waals surface area (Å²) in [4.78, 5) is 23.9. The Kier molecular flexibility index (Phi) is 8.35. The summed E-state index contributed by atoms with van der Waals surface area (Å²) in [6, 6.07) is 15.4. The fraction of sp³-hybridized carbons (Fsp3) is 0.280. The molecule has 0 aliphatic rings. The average Bonchev–Trinajstić information content (AvgIpc) is 3.32. The topological polar surface area (TPSA) is 96.2 Å². The minimum absolute atomic E-state index is 0.140. The maximum atomic E-state index is 12.5. The normalized spacial score (nSPS) is 10.4. The second-order valence-electron chi connectivity index (χ2n) is 6.90. The van der Waals surface area contributed by atoms with Crippen LogP contribution in [0.3, 0.4) is 0 Å². The third kappa shape index (κ3) is 6.52. The van der Waals surface area contributed by atoms with Crippen molar-refractivity contribution in [2.75, 3.05) is 20.3 Å². The molecule has 1 N–H and O–H groups in total. The molecule has 0 aliphatic heterocycles. The zero-order chi connectivity index (χ0) is 23.6. The van der Waals surface area contributed by atoms with E-state index in [0.717, 1.165) is 5.56 Å².